The summed E-state index contributed by atoms with van der Waals surface area (Å²) in [5, 5.41) is 13.3. The molecule has 3 aromatic rings. The van der Waals surface area contributed by atoms with Crippen LogP contribution in [0.3, 0.4) is 0 Å². The fourth-order valence-electron chi connectivity index (χ4n) is 2.17. The first-order chi connectivity index (χ1) is 10.2. The molecule has 4 heteroatoms. The molecule has 3 rings (SSSR count). The van der Waals surface area contributed by atoms with Crippen molar-refractivity contribution in [2.75, 3.05) is 0 Å². The van der Waals surface area contributed by atoms with Gasteiger partial charge in [0.25, 0.3) is 0 Å². The van der Waals surface area contributed by atoms with Crippen molar-refractivity contribution in [2.45, 2.75) is 6.92 Å². The van der Waals surface area contributed by atoms with Crippen LogP contribution >= 0.6 is 0 Å². The lowest BCUT2D eigenvalue weighted by atomic mass is 10.1. The maximum Gasteiger partial charge on any atom is 0.221 e. The molecule has 2 aromatic carbocycles. The third-order valence-electron chi connectivity index (χ3n) is 3.29. The molecule has 0 radical (unpaired) electrons. The predicted octanol–water partition coefficient (Wildman–Crippen LogP) is 3.06. The van der Waals surface area contributed by atoms with Crippen LogP contribution in [0.2, 0.25) is 0 Å². The fraction of sp³-hybridized carbons (Fsp3) is 0.0588. The van der Waals surface area contributed by atoms with Crippen LogP contribution in [0.1, 0.15) is 5.56 Å². The standard InChI is InChI=1S/C17H13NO3/c1-11-6-8-12(9-7-11)16-10-14(18-20)13-4-2-3-5-15(19)17(13)21-16/h2-10,20H,1H3/b18-14+. The zero-order valence-electron chi connectivity index (χ0n) is 11.4. The average Bonchev–Trinajstić information content (AvgIpc) is 2.69. The SMILES string of the molecule is Cc1ccc(-c2c/c(=N\O)c3ccccc(=O)c3o2)cc1. The van der Waals surface area contributed by atoms with Gasteiger partial charge in [-0.3, -0.25) is 4.79 Å². The minimum absolute atomic E-state index is 0.172. The number of fused-ring (bicyclic) bond motifs is 1. The van der Waals surface area contributed by atoms with Crippen LogP contribution in [0.5, 0.6) is 0 Å². The van der Waals surface area contributed by atoms with Crippen molar-refractivity contribution in [1.29, 1.82) is 0 Å². The van der Waals surface area contributed by atoms with Crippen LogP contribution in [-0.4, -0.2) is 5.21 Å². The Morgan fingerprint density at radius 3 is 2.48 bits per heavy atom. The lowest BCUT2D eigenvalue weighted by Crippen LogP contribution is -2.07. The number of rotatable bonds is 1. The largest absolute Gasteiger partial charge is 0.452 e. The van der Waals surface area contributed by atoms with Gasteiger partial charge in [0.15, 0.2) is 5.58 Å². The van der Waals surface area contributed by atoms with Crippen molar-refractivity contribution in [3.63, 3.8) is 0 Å². The second-order valence-corrected chi connectivity index (χ2v) is 4.79. The number of aryl methyl sites for hydroxylation is 1. The van der Waals surface area contributed by atoms with Crippen LogP contribution in [0.4, 0.5) is 0 Å². The quantitative estimate of drug-likeness (QED) is 0.550. The minimum Gasteiger partial charge on any atom is -0.452 e. The van der Waals surface area contributed by atoms with E-state index in [2.05, 4.69) is 5.16 Å². The minimum atomic E-state index is -0.256. The first kappa shape index (κ1) is 13.1. The maximum atomic E-state index is 12.1. The highest BCUT2D eigenvalue weighted by molar-refractivity contribution is 5.77. The Balaban J connectivity index is 2.40. The van der Waals surface area contributed by atoms with Gasteiger partial charge in [-0.25, -0.2) is 0 Å². The number of hydrogen-bond acceptors (Lipinski definition) is 4. The lowest BCUT2D eigenvalue weighted by molar-refractivity contribution is 0.302. The molecule has 1 N–H and O–H groups in total. The summed E-state index contributed by atoms with van der Waals surface area (Å²) in [4.78, 5) is 12.1. The smallest absolute Gasteiger partial charge is 0.221 e. The Morgan fingerprint density at radius 2 is 1.76 bits per heavy atom. The van der Waals surface area contributed by atoms with Gasteiger partial charge in [0.1, 0.15) is 11.1 Å². The van der Waals surface area contributed by atoms with Crippen LogP contribution in [0.25, 0.3) is 22.3 Å². The molecule has 4 nitrogen and oxygen atoms in total. The summed E-state index contributed by atoms with van der Waals surface area (Å²) in [6, 6.07) is 15.8. The molecule has 0 unspecified atom stereocenters. The van der Waals surface area contributed by atoms with E-state index in [0.717, 1.165) is 11.1 Å². The zero-order valence-corrected chi connectivity index (χ0v) is 11.4. The van der Waals surface area contributed by atoms with Crippen molar-refractivity contribution >= 4 is 11.0 Å². The molecule has 0 aliphatic rings. The van der Waals surface area contributed by atoms with Crippen LogP contribution in [0.15, 0.2) is 69.0 Å². The molecule has 104 valence electrons. The van der Waals surface area contributed by atoms with Gasteiger partial charge in [-0.05, 0) is 19.1 Å². The highest BCUT2D eigenvalue weighted by atomic mass is 16.4. The number of nitrogens with zero attached hydrogens (tertiary/aromatic N) is 1. The van der Waals surface area contributed by atoms with Gasteiger partial charge in [0.2, 0.25) is 5.43 Å². The van der Waals surface area contributed by atoms with E-state index in [0.29, 0.717) is 16.5 Å². The van der Waals surface area contributed by atoms with E-state index in [9.17, 15) is 10.0 Å². The van der Waals surface area contributed by atoms with Crippen molar-refractivity contribution in [2.24, 2.45) is 5.16 Å². The van der Waals surface area contributed by atoms with E-state index in [1.54, 1.807) is 24.3 Å². The van der Waals surface area contributed by atoms with Gasteiger partial charge < -0.3 is 9.62 Å². The van der Waals surface area contributed by atoms with Crippen molar-refractivity contribution < 1.29 is 9.62 Å². The Bertz CT molecular complexity index is 925. The summed E-state index contributed by atoms with van der Waals surface area (Å²) in [5.41, 5.74) is 1.86. The second-order valence-electron chi connectivity index (χ2n) is 4.79. The van der Waals surface area contributed by atoms with Crippen LogP contribution in [0, 0.1) is 6.92 Å². The van der Waals surface area contributed by atoms with E-state index >= 15 is 0 Å². The third kappa shape index (κ3) is 2.43. The van der Waals surface area contributed by atoms with E-state index in [4.69, 9.17) is 4.42 Å². The molecule has 21 heavy (non-hydrogen) atoms. The van der Waals surface area contributed by atoms with Gasteiger partial charge >= 0.3 is 0 Å². The van der Waals surface area contributed by atoms with Gasteiger partial charge in [-0.15, -0.1) is 0 Å². The molecule has 0 amide bonds. The van der Waals surface area contributed by atoms with Crippen molar-refractivity contribution in [3.8, 4) is 11.3 Å². The van der Waals surface area contributed by atoms with Gasteiger partial charge in [-0.1, -0.05) is 47.1 Å². The molecule has 0 spiro atoms. The summed E-state index contributed by atoms with van der Waals surface area (Å²) in [6.45, 7) is 1.99. The predicted molar refractivity (Wildman–Crippen MR) is 80.0 cm³/mol. The molecule has 0 saturated carbocycles. The summed E-state index contributed by atoms with van der Waals surface area (Å²) in [7, 11) is 0. The zero-order chi connectivity index (χ0) is 14.8. The number of benzene rings is 1. The van der Waals surface area contributed by atoms with Gasteiger partial charge in [-0.2, -0.15) is 0 Å². The molecule has 0 aliphatic heterocycles. The monoisotopic (exact) mass is 279 g/mol. The Hall–Kier alpha value is -2.88. The molecule has 0 aliphatic carbocycles. The normalized spacial score (nSPS) is 11.8. The summed E-state index contributed by atoms with van der Waals surface area (Å²) >= 11 is 0. The average molecular weight is 279 g/mol. The van der Waals surface area contributed by atoms with E-state index in [-0.39, 0.29) is 11.0 Å². The molecule has 0 atom stereocenters. The highest BCUT2D eigenvalue weighted by Crippen LogP contribution is 2.20. The van der Waals surface area contributed by atoms with Crippen molar-refractivity contribution in [1.82, 2.24) is 0 Å². The maximum absolute atomic E-state index is 12.1. The van der Waals surface area contributed by atoms with Crippen LogP contribution in [-0.2, 0) is 0 Å². The van der Waals surface area contributed by atoms with Crippen LogP contribution < -0.4 is 10.8 Å². The molecule has 0 bridgehead atoms. The molecule has 0 fully saturated rings. The van der Waals surface area contributed by atoms with E-state index in [1.807, 2.05) is 31.2 Å². The second kappa shape index (κ2) is 5.25. The summed E-state index contributed by atoms with van der Waals surface area (Å²) < 4.78 is 5.74. The first-order valence-corrected chi connectivity index (χ1v) is 6.51. The molecule has 0 saturated heterocycles. The first-order valence-electron chi connectivity index (χ1n) is 6.51. The molecule has 1 heterocycles. The van der Waals surface area contributed by atoms with Crippen molar-refractivity contribution in [3.05, 3.63) is 75.7 Å². The Labute approximate surface area is 120 Å². The molecule has 1 aromatic heterocycles. The van der Waals surface area contributed by atoms with E-state index < -0.39 is 0 Å². The Morgan fingerprint density at radius 1 is 1.05 bits per heavy atom. The van der Waals surface area contributed by atoms with E-state index in [1.165, 1.54) is 6.07 Å². The van der Waals surface area contributed by atoms with Gasteiger partial charge in [0, 0.05) is 11.6 Å². The Kier molecular flexibility index (Phi) is 3.28. The third-order valence-corrected chi connectivity index (χ3v) is 3.29. The summed E-state index contributed by atoms with van der Waals surface area (Å²) in [6.07, 6.45) is 0. The summed E-state index contributed by atoms with van der Waals surface area (Å²) in [5.74, 6) is 0.485. The molecular weight excluding hydrogens is 266 g/mol. The molecular formula is C17H13NO3. The lowest BCUT2D eigenvalue weighted by Gasteiger charge is -2.03. The van der Waals surface area contributed by atoms with Gasteiger partial charge in [0.05, 0.1) is 5.39 Å². The number of hydrogen-bond donors (Lipinski definition) is 1. The highest BCUT2D eigenvalue weighted by Gasteiger charge is 2.07. The fourth-order valence-corrected chi connectivity index (χ4v) is 2.17. The topological polar surface area (TPSA) is 62.8 Å².